The van der Waals surface area contributed by atoms with Crippen LogP contribution < -0.4 is 16.9 Å². The molecule has 10 heteroatoms. The van der Waals surface area contributed by atoms with Crippen LogP contribution >= 0.6 is 23.1 Å². The standard InChI is InChI=1S/C23H28N6O2S2/c1-23(2,3)14-10-8-13(9-11-14)20-27-28-22(29(20)25)32-12-17(30)26-21-18(19(24)31)15-6-4-5-7-16(15)33-21/h8-11H,4-7,12,25H2,1-3H3,(H2,24,31)(H,26,30). The van der Waals surface area contributed by atoms with Crippen LogP contribution in [0.25, 0.3) is 11.4 Å². The second-order valence-electron chi connectivity index (χ2n) is 9.12. The van der Waals surface area contributed by atoms with Gasteiger partial charge in [0.1, 0.15) is 5.00 Å². The van der Waals surface area contributed by atoms with Crippen molar-refractivity contribution in [1.82, 2.24) is 14.9 Å². The Bertz CT molecular complexity index is 1190. The molecule has 1 aromatic carbocycles. The van der Waals surface area contributed by atoms with Crippen molar-refractivity contribution in [3.05, 3.63) is 45.8 Å². The number of nitrogens with one attached hydrogen (secondary N) is 1. The van der Waals surface area contributed by atoms with Crippen LogP contribution in [0.3, 0.4) is 0 Å². The van der Waals surface area contributed by atoms with Gasteiger partial charge in [-0.05, 0) is 42.2 Å². The molecule has 2 amide bonds. The molecule has 4 rings (SSSR count). The molecule has 1 aliphatic rings. The molecule has 0 unspecified atom stereocenters. The van der Waals surface area contributed by atoms with Crippen molar-refractivity contribution in [1.29, 1.82) is 0 Å². The van der Waals surface area contributed by atoms with Crippen LogP contribution in [0.2, 0.25) is 0 Å². The number of nitrogens with two attached hydrogens (primary N) is 2. The fourth-order valence-corrected chi connectivity index (χ4v) is 5.87. The number of amides is 2. The van der Waals surface area contributed by atoms with Crippen LogP contribution in [0.15, 0.2) is 29.4 Å². The maximum atomic E-state index is 12.6. The SMILES string of the molecule is CC(C)(C)c1ccc(-c2nnc(SCC(=O)Nc3sc4c(c3C(N)=O)CCCC4)n2N)cc1. The zero-order valence-electron chi connectivity index (χ0n) is 19.0. The van der Waals surface area contributed by atoms with Crippen LogP contribution in [0.1, 0.15) is 60.0 Å². The summed E-state index contributed by atoms with van der Waals surface area (Å²) >= 11 is 2.63. The minimum Gasteiger partial charge on any atom is -0.365 e. The molecule has 0 aliphatic heterocycles. The Kier molecular flexibility index (Phi) is 6.49. The van der Waals surface area contributed by atoms with E-state index in [4.69, 9.17) is 11.6 Å². The summed E-state index contributed by atoms with van der Waals surface area (Å²) in [6, 6.07) is 8.06. The van der Waals surface area contributed by atoms with E-state index in [1.54, 1.807) is 0 Å². The van der Waals surface area contributed by atoms with E-state index in [1.165, 1.54) is 33.3 Å². The van der Waals surface area contributed by atoms with Gasteiger partial charge in [0, 0.05) is 10.4 Å². The lowest BCUT2D eigenvalue weighted by Gasteiger charge is -2.19. The van der Waals surface area contributed by atoms with Crippen molar-refractivity contribution in [2.24, 2.45) is 5.73 Å². The average molecular weight is 485 g/mol. The molecule has 0 radical (unpaired) electrons. The van der Waals surface area contributed by atoms with Crippen molar-refractivity contribution < 1.29 is 9.59 Å². The number of thioether (sulfide) groups is 1. The molecular formula is C23H28N6O2S2. The molecular weight excluding hydrogens is 456 g/mol. The predicted molar refractivity (Wildman–Crippen MR) is 133 cm³/mol. The lowest BCUT2D eigenvalue weighted by molar-refractivity contribution is -0.113. The number of hydrogen-bond acceptors (Lipinski definition) is 7. The van der Waals surface area contributed by atoms with Gasteiger partial charge in [0.25, 0.3) is 5.91 Å². The molecule has 5 N–H and O–H groups in total. The summed E-state index contributed by atoms with van der Waals surface area (Å²) in [4.78, 5) is 25.8. The number of rotatable bonds is 6. The third-order valence-electron chi connectivity index (χ3n) is 5.68. The summed E-state index contributed by atoms with van der Waals surface area (Å²) in [6.45, 7) is 6.47. The summed E-state index contributed by atoms with van der Waals surface area (Å²) in [5.74, 6) is 6.07. The summed E-state index contributed by atoms with van der Waals surface area (Å²) in [7, 11) is 0. The van der Waals surface area contributed by atoms with Gasteiger partial charge in [-0.2, -0.15) is 0 Å². The second-order valence-corrected chi connectivity index (χ2v) is 11.2. The van der Waals surface area contributed by atoms with Gasteiger partial charge < -0.3 is 16.9 Å². The lowest BCUT2D eigenvalue weighted by Crippen LogP contribution is -2.20. The molecule has 0 saturated carbocycles. The lowest BCUT2D eigenvalue weighted by atomic mass is 9.87. The van der Waals surface area contributed by atoms with E-state index in [-0.39, 0.29) is 17.1 Å². The van der Waals surface area contributed by atoms with Crippen LogP contribution in [0.5, 0.6) is 0 Å². The largest absolute Gasteiger partial charge is 0.365 e. The van der Waals surface area contributed by atoms with Crippen LogP contribution in [0.4, 0.5) is 5.00 Å². The maximum Gasteiger partial charge on any atom is 0.251 e. The van der Waals surface area contributed by atoms with Crippen LogP contribution in [0, 0.1) is 0 Å². The summed E-state index contributed by atoms with van der Waals surface area (Å²) in [5.41, 5.74) is 9.17. The molecule has 0 spiro atoms. The normalized spacial score (nSPS) is 13.5. The number of benzene rings is 1. The predicted octanol–water partition coefficient (Wildman–Crippen LogP) is 3.73. The number of carbonyl (C=O) groups is 2. The number of nitrogens with zero attached hydrogens (tertiary/aromatic N) is 3. The number of anilines is 1. The average Bonchev–Trinajstić information content (AvgIpc) is 3.31. The third-order valence-corrected chi connectivity index (χ3v) is 7.83. The van der Waals surface area contributed by atoms with Gasteiger partial charge in [-0.1, -0.05) is 56.8 Å². The topological polar surface area (TPSA) is 129 Å². The Hall–Kier alpha value is -2.85. The molecule has 33 heavy (non-hydrogen) atoms. The van der Waals surface area contributed by atoms with Gasteiger partial charge in [0.15, 0.2) is 5.82 Å². The van der Waals surface area contributed by atoms with E-state index in [1.807, 2.05) is 12.1 Å². The fraction of sp³-hybridized carbons (Fsp3) is 0.391. The first-order valence-electron chi connectivity index (χ1n) is 10.8. The first-order chi connectivity index (χ1) is 15.6. The van der Waals surface area contributed by atoms with Crippen molar-refractivity contribution >= 4 is 39.9 Å². The number of thiophene rings is 1. The highest BCUT2D eigenvalue weighted by Crippen LogP contribution is 2.38. The highest BCUT2D eigenvalue weighted by atomic mass is 32.2. The highest BCUT2D eigenvalue weighted by molar-refractivity contribution is 7.99. The van der Waals surface area contributed by atoms with Gasteiger partial charge in [-0.15, -0.1) is 21.5 Å². The Morgan fingerprint density at radius 1 is 1.15 bits per heavy atom. The Labute approximate surface area is 201 Å². The monoisotopic (exact) mass is 484 g/mol. The molecule has 1 aliphatic carbocycles. The zero-order chi connectivity index (χ0) is 23.8. The van der Waals surface area contributed by atoms with Crippen molar-refractivity contribution in [3.63, 3.8) is 0 Å². The Balaban J connectivity index is 1.43. The molecule has 0 bridgehead atoms. The van der Waals surface area contributed by atoms with Crippen molar-refractivity contribution in [3.8, 4) is 11.4 Å². The first-order valence-corrected chi connectivity index (χ1v) is 12.6. The number of primary amides is 1. The van der Waals surface area contributed by atoms with Gasteiger partial charge in [-0.25, -0.2) is 4.68 Å². The van der Waals surface area contributed by atoms with Crippen LogP contribution in [-0.2, 0) is 23.1 Å². The van der Waals surface area contributed by atoms with Crippen molar-refractivity contribution in [2.75, 3.05) is 16.9 Å². The zero-order valence-corrected chi connectivity index (χ0v) is 20.6. The van der Waals surface area contributed by atoms with Gasteiger partial charge in [0.2, 0.25) is 11.1 Å². The quantitative estimate of drug-likeness (QED) is 0.361. The van der Waals surface area contributed by atoms with Crippen LogP contribution in [-0.4, -0.2) is 32.4 Å². The van der Waals surface area contributed by atoms with E-state index in [9.17, 15) is 9.59 Å². The molecule has 0 saturated heterocycles. The first kappa shape index (κ1) is 23.3. The van der Waals surface area contributed by atoms with Gasteiger partial charge in [-0.3, -0.25) is 9.59 Å². The molecule has 8 nitrogen and oxygen atoms in total. The van der Waals surface area contributed by atoms with Gasteiger partial charge in [0.05, 0.1) is 11.3 Å². The Morgan fingerprint density at radius 3 is 2.52 bits per heavy atom. The van der Waals surface area contributed by atoms with E-state index < -0.39 is 5.91 Å². The minimum atomic E-state index is -0.499. The summed E-state index contributed by atoms with van der Waals surface area (Å²) in [5, 5.41) is 12.2. The third kappa shape index (κ3) is 4.91. The van der Waals surface area contributed by atoms with E-state index in [2.05, 4.69) is 48.4 Å². The summed E-state index contributed by atoms with van der Waals surface area (Å²) in [6.07, 6.45) is 3.86. The van der Waals surface area contributed by atoms with Gasteiger partial charge >= 0.3 is 0 Å². The highest BCUT2D eigenvalue weighted by Gasteiger charge is 2.25. The number of aryl methyl sites for hydroxylation is 1. The van der Waals surface area contributed by atoms with E-state index in [0.29, 0.717) is 21.5 Å². The number of fused-ring (bicyclic) bond motifs is 1. The molecule has 3 aromatic rings. The number of hydrogen-bond donors (Lipinski definition) is 3. The molecule has 174 valence electrons. The summed E-state index contributed by atoms with van der Waals surface area (Å²) < 4.78 is 1.39. The van der Waals surface area contributed by atoms with E-state index in [0.717, 1.165) is 41.7 Å². The molecule has 2 heterocycles. The molecule has 0 fully saturated rings. The second kappa shape index (κ2) is 9.18. The number of aromatic nitrogens is 3. The smallest absolute Gasteiger partial charge is 0.251 e. The van der Waals surface area contributed by atoms with E-state index >= 15 is 0 Å². The Morgan fingerprint density at radius 2 is 1.85 bits per heavy atom. The molecule has 0 atom stereocenters. The number of nitrogen functional groups attached to an aromatic ring is 1. The number of carbonyl (C=O) groups excluding carboxylic acids is 2. The fourth-order valence-electron chi connectivity index (χ4n) is 3.90. The van der Waals surface area contributed by atoms with Crippen molar-refractivity contribution in [2.45, 2.75) is 57.0 Å². The minimum absolute atomic E-state index is 0.0551. The molecule has 2 aromatic heterocycles. The maximum absolute atomic E-state index is 12.6.